The summed E-state index contributed by atoms with van der Waals surface area (Å²) in [6, 6.07) is 9.38. The van der Waals surface area contributed by atoms with Gasteiger partial charge in [-0.3, -0.25) is 0 Å². The Bertz CT molecular complexity index is 478. The van der Waals surface area contributed by atoms with Gasteiger partial charge in [0, 0.05) is 18.4 Å². The van der Waals surface area contributed by atoms with Gasteiger partial charge < -0.3 is 10.4 Å². The maximum atomic E-state index is 12.6. The van der Waals surface area contributed by atoms with Crippen molar-refractivity contribution in [3.8, 4) is 0 Å². The van der Waals surface area contributed by atoms with Gasteiger partial charge in [-0.15, -0.1) is 5.06 Å². The van der Waals surface area contributed by atoms with E-state index in [-0.39, 0.29) is 6.04 Å². The molecule has 1 heterocycles. The van der Waals surface area contributed by atoms with Crippen LogP contribution in [0, 0.1) is 5.21 Å². The fraction of sp³-hybridized carbons (Fsp3) is 0.500. The average Bonchev–Trinajstić information content (AvgIpc) is 2.95. The van der Waals surface area contributed by atoms with E-state index in [4.69, 9.17) is 0 Å². The molecule has 1 aromatic carbocycles. The molecule has 0 radical (unpaired) electrons. The number of hydrogen-bond donors (Lipinski definition) is 1. The zero-order valence-electron chi connectivity index (χ0n) is 10.5. The molecule has 0 aromatic heterocycles. The van der Waals surface area contributed by atoms with Gasteiger partial charge in [0.25, 0.3) is 5.66 Å². The van der Waals surface area contributed by atoms with Crippen molar-refractivity contribution in [3.63, 3.8) is 0 Å². The highest BCUT2D eigenvalue weighted by molar-refractivity contribution is 6.01. The molecular formula is C14H18N2O2. The van der Waals surface area contributed by atoms with E-state index >= 15 is 0 Å². The van der Waals surface area contributed by atoms with Crippen LogP contribution in [0.5, 0.6) is 0 Å². The van der Waals surface area contributed by atoms with E-state index in [1.54, 1.807) is 0 Å². The van der Waals surface area contributed by atoms with Gasteiger partial charge in [0.15, 0.2) is 0 Å². The molecule has 1 aliphatic heterocycles. The van der Waals surface area contributed by atoms with Crippen LogP contribution >= 0.6 is 0 Å². The molecule has 1 aliphatic carbocycles. The predicted molar refractivity (Wildman–Crippen MR) is 68.5 cm³/mol. The summed E-state index contributed by atoms with van der Waals surface area (Å²) in [5, 5.41) is 24.2. The van der Waals surface area contributed by atoms with Gasteiger partial charge >= 0.3 is 0 Å². The van der Waals surface area contributed by atoms with Crippen LogP contribution in [0.15, 0.2) is 30.3 Å². The minimum absolute atomic E-state index is 0.247. The van der Waals surface area contributed by atoms with Crippen molar-refractivity contribution in [1.82, 2.24) is 5.06 Å². The van der Waals surface area contributed by atoms with E-state index in [0.29, 0.717) is 5.71 Å². The van der Waals surface area contributed by atoms with Crippen LogP contribution in [0.2, 0.25) is 0 Å². The number of benzene rings is 1. The first-order valence-electron chi connectivity index (χ1n) is 6.55. The summed E-state index contributed by atoms with van der Waals surface area (Å²) in [7, 11) is 0. The second-order valence-corrected chi connectivity index (χ2v) is 5.26. The highest BCUT2D eigenvalue weighted by Crippen LogP contribution is 2.40. The zero-order valence-corrected chi connectivity index (χ0v) is 10.5. The molecule has 96 valence electrons. The Morgan fingerprint density at radius 2 is 1.89 bits per heavy atom. The molecule has 1 spiro atoms. The Labute approximate surface area is 107 Å². The van der Waals surface area contributed by atoms with Gasteiger partial charge in [-0.1, -0.05) is 18.2 Å². The van der Waals surface area contributed by atoms with Crippen molar-refractivity contribution in [2.75, 3.05) is 0 Å². The molecular weight excluding hydrogens is 228 g/mol. The summed E-state index contributed by atoms with van der Waals surface area (Å²) in [6.07, 6.45) is 3.50. The maximum absolute atomic E-state index is 12.6. The SMILES string of the molecule is C[C@@H]1C(c2ccccc2)=[N+]([O-])C2(CCCC2)N1O. The maximum Gasteiger partial charge on any atom is 0.251 e. The third kappa shape index (κ3) is 1.42. The van der Waals surface area contributed by atoms with Crippen LogP contribution < -0.4 is 0 Å². The molecule has 0 bridgehead atoms. The first-order valence-corrected chi connectivity index (χ1v) is 6.55. The van der Waals surface area contributed by atoms with Crippen LogP contribution in [0.3, 0.4) is 0 Å². The zero-order chi connectivity index (χ0) is 12.8. The Balaban J connectivity index is 2.10. The fourth-order valence-electron chi connectivity index (χ4n) is 3.30. The molecule has 2 aliphatic rings. The van der Waals surface area contributed by atoms with Crippen LogP contribution in [-0.4, -0.2) is 32.4 Å². The standard InChI is InChI=1S/C14H18N2O2/c1-11-13(12-7-3-2-4-8-12)16(18)14(15(11)17)9-5-6-10-14/h2-4,7-8,11,17H,5-6,9-10H2,1H3/t11-/m1/s1. The second-order valence-electron chi connectivity index (χ2n) is 5.26. The summed E-state index contributed by atoms with van der Waals surface area (Å²) in [6.45, 7) is 1.89. The van der Waals surface area contributed by atoms with Crippen molar-refractivity contribution in [2.24, 2.45) is 0 Å². The fourth-order valence-corrected chi connectivity index (χ4v) is 3.30. The molecule has 1 saturated carbocycles. The normalized spacial score (nSPS) is 27.3. The number of rotatable bonds is 1. The summed E-state index contributed by atoms with van der Waals surface area (Å²) >= 11 is 0. The van der Waals surface area contributed by atoms with Crippen LogP contribution in [-0.2, 0) is 0 Å². The van der Waals surface area contributed by atoms with Gasteiger partial charge in [-0.25, -0.2) is 0 Å². The molecule has 18 heavy (non-hydrogen) atoms. The average molecular weight is 246 g/mol. The number of nitrogens with zero attached hydrogens (tertiary/aromatic N) is 2. The third-order valence-corrected chi connectivity index (χ3v) is 4.26. The molecule has 1 fully saturated rings. The number of hydrogen-bond acceptors (Lipinski definition) is 3. The minimum Gasteiger partial charge on any atom is -0.622 e. The quantitative estimate of drug-likeness (QED) is 0.611. The van der Waals surface area contributed by atoms with Crippen molar-refractivity contribution in [3.05, 3.63) is 41.1 Å². The molecule has 0 saturated heterocycles. The Morgan fingerprint density at radius 3 is 2.50 bits per heavy atom. The predicted octanol–water partition coefficient (Wildman–Crippen LogP) is 2.35. The smallest absolute Gasteiger partial charge is 0.251 e. The van der Waals surface area contributed by atoms with Gasteiger partial charge in [-0.2, -0.15) is 4.74 Å². The van der Waals surface area contributed by atoms with Gasteiger partial charge in [0.05, 0.1) is 0 Å². The van der Waals surface area contributed by atoms with Gasteiger partial charge in [0.2, 0.25) is 5.71 Å². The van der Waals surface area contributed by atoms with Crippen LogP contribution in [0.4, 0.5) is 0 Å². The Kier molecular flexibility index (Phi) is 2.64. The third-order valence-electron chi connectivity index (χ3n) is 4.26. The van der Waals surface area contributed by atoms with Crippen molar-refractivity contribution >= 4 is 5.71 Å². The van der Waals surface area contributed by atoms with Crippen molar-refractivity contribution in [1.29, 1.82) is 0 Å². The van der Waals surface area contributed by atoms with E-state index < -0.39 is 5.66 Å². The molecule has 4 heteroatoms. The van der Waals surface area contributed by atoms with E-state index in [1.165, 1.54) is 5.06 Å². The summed E-state index contributed by atoms with van der Waals surface area (Å²) in [4.78, 5) is 0. The first kappa shape index (κ1) is 11.7. The molecule has 1 atom stereocenters. The minimum atomic E-state index is -0.718. The van der Waals surface area contributed by atoms with E-state index in [1.807, 2.05) is 37.3 Å². The van der Waals surface area contributed by atoms with Crippen molar-refractivity contribution in [2.45, 2.75) is 44.3 Å². The topological polar surface area (TPSA) is 49.5 Å². The molecule has 0 amide bonds. The molecule has 1 N–H and O–H groups in total. The van der Waals surface area contributed by atoms with Crippen LogP contribution in [0.25, 0.3) is 0 Å². The lowest BCUT2D eigenvalue weighted by atomic mass is 10.1. The lowest BCUT2D eigenvalue weighted by molar-refractivity contribution is -0.588. The summed E-state index contributed by atoms with van der Waals surface area (Å²) < 4.78 is 1.06. The van der Waals surface area contributed by atoms with Crippen molar-refractivity contribution < 1.29 is 9.95 Å². The molecule has 4 nitrogen and oxygen atoms in total. The molecule has 3 rings (SSSR count). The Hall–Kier alpha value is -1.39. The summed E-state index contributed by atoms with van der Waals surface area (Å²) in [5.41, 5.74) is 0.868. The second kappa shape index (κ2) is 4.07. The lowest BCUT2D eigenvalue weighted by Gasteiger charge is -2.28. The Morgan fingerprint density at radius 1 is 1.28 bits per heavy atom. The van der Waals surface area contributed by atoms with E-state index in [0.717, 1.165) is 36.0 Å². The summed E-state index contributed by atoms with van der Waals surface area (Å²) in [5.74, 6) is 0. The largest absolute Gasteiger partial charge is 0.622 e. The number of hydroxylamine groups is 3. The van der Waals surface area contributed by atoms with E-state index in [9.17, 15) is 10.4 Å². The van der Waals surface area contributed by atoms with E-state index in [2.05, 4.69) is 0 Å². The highest BCUT2D eigenvalue weighted by Gasteiger charge is 2.57. The molecule has 1 aromatic rings. The van der Waals surface area contributed by atoms with Gasteiger partial charge in [0.1, 0.15) is 6.04 Å². The monoisotopic (exact) mass is 246 g/mol. The highest BCUT2D eigenvalue weighted by atomic mass is 16.6. The van der Waals surface area contributed by atoms with Gasteiger partial charge in [-0.05, 0) is 31.9 Å². The molecule has 0 unspecified atom stereocenters. The van der Waals surface area contributed by atoms with Crippen LogP contribution in [0.1, 0.15) is 38.2 Å². The lowest BCUT2D eigenvalue weighted by Crippen LogP contribution is -2.48. The first-order chi connectivity index (χ1) is 8.67.